The highest BCUT2D eigenvalue weighted by Crippen LogP contribution is 2.24. The zero-order valence-electron chi connectivity index (χ0n) is 12.2. The van der Waals surface area contributed by atoms with Crippen LogP contribution < -0.4 is 0 Å². The van der Waals surface area contributed by atoms with Gasteiger partial charge in [-0.1, -0.05) is 13.3 Å². The van der Waals surface area contributed by atoms with Crippen molar-refractivity contribution in [3.05, 3.63) is 0 Å². The zero-order chi connectivity index (χ0) is 14.3. The third-order valence-electron chi connectivity index (χ3n) is 3.65. The Kier molecular flexibility index (Phi) is 6.84. The Balaban J connectivity index is 2.72. The second-order valence-electron chi connectivity index (χ2n) is 4.84. The maximum Gasteiger partial charge on any atom is 0.323 e. The van der Waals surface area contributed by atoms with E-state index in [4.69, 9.17) is 9.47 Å². The number of carbonyl (C=O) groups excluding carboxylic acids is 2. The van der Waals surface area contributed by atoms with Gasteiger partial charge in [0.25, 0.3) is 0 Å². The quantitative estimate of drug-likeness (QED) is 0.689. The summed E-state index contributed by atoms with van der Waals surface area (Å²) in [6.07, 6.45) is 4.15. The molecule has 0 radical (unpaired) electrons. The molecule has 2 atom stereocenters. The fraction of sp³-hybridized carbons (Fsp3) is 0.857. The van der Waals surface area contributed by atoms with Gasteiger partial charge in [0.15, 0.2) is 0 Å². The van der Waals surface area contributed by atoms with E-state index in [0.29, 0.717) is 19.4 Å². The fourth-order valence-electron chi connectivity index (χ4n) is 2.70. The summed E-state index contributed by atoms with van der Waals surface area (Å²) in [6.45, 7) is 5.03. The first-order chi connectivity index (χ1) is 9.13. The third-order valence-corrected chi connectivity index (χ3v) is 3.65. The molecule has 5 heteroatoms. The summed E-state index contributed by atoms with van der Waals surface area (Å²) < 4.78 is 9.87. The number of nitrogens with zero attached hydrogens (tertiary/aromatic N) is 1. The number of ether oxygens (including phenoxy) is 2. The number of carbonyl (C=O) groups is 2. The van der Waals surface area contributed by atoms with Gasteiger partial charge in [-0.05, 0) is 32.7 Å². The van der Waals surface area contributed by atoms with E-state index in [1.54, 1.807) is 0 Å². The fourth-order valence-corrected chi connectivity index (χ4v) is 2.70. The Labute approximate surface area is 115 Å². The first kappa shape index (κ1) is 16.0. The molecule has 0 amide bonds. The van der Waals surface area contributed by atoms with E-state index in [-0.39, 0.29) is 24.0 Å². The van der Waals surface area contributed by atoms with Crippen molar-refractivity contribution in [3.63, 3.8) is 0 Å². The molecule has 1 heterocycles. The smallest absolute Gasteiger partial charge is 0.323 e. The summed E-state index contributed by atoms with van der Waals surface area (Å²) >= 11 is 0. The van der Waals surface area contributed by atoms with E-state index >= 15 is 0 Å². The Hall–Kier alpha value is -1.10. The average molecular weight is 271 g/mol. The lowest BCUT2D eigenvalue weighted by atomic mass is 9.96. The minimum Gasteiger partial charge on any atom is -0.469 e. The molecule has 0 N–H and O–H groups in total. The molecule has 0 spiro atoms. The summed E-state index contributed by atoms with van der Waals surface area (Å²) in [4.78, 5) is 25.6. The number of rotatable bonds is 6. The monoisotopic (exact) mass is 271 g/mol. The van der Waals surface area contributed by atoms with Crippen molar-refractivity contribution in [1.29, 1.82) is 0 Å². The molecule has 5 nitrogen and oxygen atoms in total. The van der Waals surface area contributed by atoms with Gasteiger partial charge >= 0.3 is 11.9 Å². The first-order valence-corrected chi connectivity index (χ1v) is 7.13. The lowest BCUT2D eigenvalue weighted by molar-refractivity contribution is -0.153. The van der Waals surface area contributed by atoms with Gasteiger partial charge in [0.2, 0.25) is 0 Å². The maximum absolute atomic E-state index is 12.0. The Bertz CT molecular complexity index is 306. The molecule has 0 aliphatic carbocycles. The minimum absolute atomic E-state index is 0.0931. The summed E-state index contributed by atoms with van der Waals surface area (Å²) in [6, 6.07) is -0.148. The van der Waals surface area contributed by atoms with Crippen molar-refractivity contribution in [3.8, 4) is 0 Å². The van der Waals surface area contributed by atoms with E-state index in [2.05, 4.69) is 4.90 Å². The van der Waals surface area contributed by atoms with Crippen molar-refractivity contribution < 1.29 is 19.1 Å². The summed E-state index contributed by atoms with van der Waals surface area (Å²) in [5, 5.41) is 0. The van der Waals surface area contributed by atoms with Crippen LogP contribution >= 0.6 is 0 Å². The molecule has 110 valence electrons. The molecule has 19 heavy (non-hydrogen) atoms. The second kappa shape index (κ2) is 8.15. The molecule has 0 bridgehead atoms. The van der Waals surface area contributed by atoms with E-state index in [1.807, 2.05) is 13.8 Å². The molecule has 0 aromatic carbocycles. The van der Waals surface area contributed by atoms with E-state index < -0.39 is 0 Å². The molecular weight excluding hydrogens is 246 g/mol. The zero-order valence-corrected chi connectivity index (χ0v) is 12.2. The largest absolute Gasteiger partial charge is 0.469 e. The highest BCUT2D eigenvalue weighted by Gasteiger charge is 2.34. The van der Waals surface area contributed by atoms with Gasteiger partial charge < -0.3 is 9.47 Å². The standard InChI is InChI=1S/C14H25NO4/c1-4-12(14(17)19-5-2)15-9-7-6-8-11(15)10-13(16)18-3/h11-12H,4-10H2,1-3H3. The van der Waals surface area contributed by atoms with Crippen LogP contribution in [-0.2, 0) is 19.1 Å². The van der Waals surface area contributed by atoms with Gasteiger partial charge in [-0.25, -0.2) is 0 Å². The Morgan fingerprint density at radius 1 is 1.32 bits per heavy atom. The molecule has 0 saturated carbocycles. The van der Waals surface area contributed by atoms with Crippen LogP contribution in [0.25, 0.3) is 0 Å². The Morgan fingerprint density at radius 3 is 2.63 bits per heavy atom. The summed E-state index contributed by atoms with van der Waals surface area (Å²) in [5.41, 5.74) is 0. The first-order valence-electron chi connectivity index (χ1n) is 7.13. The minimum atomic E-state index is -0.241. The molecule has 1 fully saturated rings. The van der Waals surface area contributed by atoms with Crippen LogP contribution in [0.15, 0.2) is 0 Å². The normalized spacial score (nSPS) is 21.7. The molecule has 1 aliphatic heterocycles. The van der Waals surface area contributed by atoms with Gasteiger partial charge in [-0.3, -0.25) is 14.5 Å². The molecule has 1 saturated heterocycles. The average Bonchev–Trinajstić information content (AvgIpc) is 2.41. The number of hydrogen-bond acceptors (Lipinski definition) is 5. The van der Waals surface area contributed by atoms with Crippen LogP contribution in [0.1, 0.15) is 46.0 Å². The van der Waals surface area contributed by atoms with Crippen LogP contribution in [0, 0.1) is 0 Å². The van der Waals surface area contributed by atoms with Crippen LogP contribution in [-0.4, -0.2) is 49.2 Å². The molecular formula is C14H25NO4. The van der Waals surface area contributed by atoms with Crippen molar-refractivity contribution >= 4 is 11.9 Å². The second-order valence-corrected chi connectivity index (χ2v) is 4.84. The molecule has 1 rings (SSSR count). The van der Waals surface area contributed by atoms with Gasteiger partial charge in [0.1, 0.15) is 6.04 Å². The SMILES string of the molecule is CCOC(=O)C(CC)N1CCCCC1CC(=O)OC. The molecule has 2 unspecified atom stereocenters. The number of piperidine rings is 1. The van der Waals surface area contributed by atoms with Crippen molar-refractivity contribution in [2.75, 3.05) is 20.3 Å². The lowest BCUT2D eigenvalue weighted by Gasteiger charge is -2.39. The van der Waals surface area contributed by atoms with Crippen molar-refractivity contribution in [2.45, 2.75) is 58.0 Å². The summed E-state index contributed by atoms with van der Waals surface area (Å²) in [7, 11) is 1.40. The highest BCUT2D eigenvalue weighted by atomic mass is 16.5. The van der Waals surface area contributed by atoms with Gasteiger partial charge in [0.05, 0.1) is 20.1 Å². The number of hydrogen-bond donors (Lipinski definition) is 0. The van der Waals surface area contributed by atoms with Gasteiger partial charge in [0, 0.05) is 6.04 Å². The maximum atomic E-state index is 12.0. The number of esters is 2. The lowest BCUT2D eigenvalue weighted by Crippen LogP contribution is -2.50. The van der Waals surface area contributed by atoms with Crippen molar-refractivity contribution in [1.82, 2.24) is 4.90 Å². The number of likely N-dealkylation sites (tertiary alicyclic amines) is 1. The van der Waals surface area contributed by atoms with Crippen LogP contribution in [0.5, 0.6) is 0 Å². The van der Waals surface area contributed by atoms with E-state index in [0.717, 1.165) is 25.8 Å². The van der Waals surface area contributed by atoms with Crippen LogP contribution in [0.3, 0.4) is 0 Å². The van der Waals surface area contributed by atoms with Crippen molar-refractivity contribution in [2.24, 2.45) is 0 Å². The van der Waals surface area contributed by atoms with Gasteiger partial charge in [-0.15, -0.1) is 0 Å². The van der Waals surface area contributed by atoms with E-state index in [1.165, 1.54) is 7.11 Å². The topological polar surface area (TPSA) is 55.8 Å². The summed E-state index contributed by atoms with van der Waals surface area (Å²) in [5.74, 6) is -0.391. The molecule has 0 aromatic rings. The van der Waals surface area contributed by atoms with Gasteiger partial charge in [-0.2, -0.15) is 0 Å². The number of methoxy groups -OCH3 is 1. The van der Waals surface area contributed by atoms with Crippen LogP contribution in [0.2, 0.25) is 0 Å². The predicted octanol–water partition coefficient (Wildman–Crippen LogP) is 1.75. The predicted molar refractivity (Wildman–Crippen MR) is 71.7 cm³/mol. The molecule has 1 aliphatic rings. The third kappa shape index (κ3) is 4.49. The molecule has 0 aromatic heterocycles. The Morgan fingerprint density at radius 2 is 2.05 bits per heavy atom. The van der Waals surface area contributed by atoms with Crippen LogP contribution in [0.4, 0.5) is 0 Å². The highest BCUT2D eigenvalue weighted by molar-refractivity contribution is 5.76. The van der Waals surface area contributed by atoms with E-state index in [9.17, 15) is 9.59 Å².